The summed E-state index contributed by atoms with van der Waals surface area (Å²) in [5, 5.41) is 3.15. The molecule has 1 aromatic rings. The van der Waals surface area contributed by atoms with Crippen LogP contribution in [0.5, 0.6) is 5.75 Å². The van der Waals surface area contributed by atoms with Gasteiger partial charge in [0.25, 0.3) is 0 Å². The van der Waals surface area contributed by atoms with Crippen molar-refractivity contribution in [2.75, 3.05) is 7.11 Å². The van der Waals surface area contributed by atoms with Gasteiger partial charge in [-0.15, -0.1) is 0 Å². The summed E-state index contributed by atoms with van der Waals surface area (Å²) >= 11 is 0. The molecule has 0 aliphatic rings. The second-order valence-corrected chi connectivity index (χ2v) is 4.24. The molecule has 0 aliphatic heterocycles. The first-order valence-corrected chi connectivity index (χ1v) is 5.71. The lowest BCUT2D eigenvalue weighted by molar-refractivity contribution is -0.119. The smallest absolute Gasteiger partial charge is 0.234 e. The second-order valence-electron chi connectivity index (χ2n) is 4.24. The van der Waals surface area contributed by atoms with Crippen molar-refractivity contribution in [1.29, 1.82) is 0 Å². The van der Waals surface area contributed by atoms with Crippen LogP contribution in [0.15, 0.2) is 24.3 Å². The van der Waals surface area contributed by atoms with Crippen molar-refractivity contribution >= 4 is 5.91 Å². The molecular weight excluding hydrogens is 216 g/mol. The van der Waals surface area contributed by atoms with Crippen LogP contribution in [0.2, 0.25) is 0 Å². The Balaban J connectivity index is 2.49. The molecule has 2 unspecified atom stereocenters. The summed E-state index contributed by atoms with van der Waals surface area (Å²) in [5.74, 6) is 0.520. The summed E-state index contributed by atoms with van der Waals surface area (Å²) in [4.78, 5) is 10.9. The zero-order valence-electron chi connectivity index (χ0n) is 10.6. The van der Waals surface area contributed by atoms with Gasteiger partial charge in [-0.25, -0.2) is 0 Å². The minimum Gasteiger partial charge on any atom is -0.497 e. The van der Waals surface area contributed by atoms with Gasteiger partial charge < -0.3 is 15.8 Å². The first kappa shape index (κ1) is 13.5. The molecule has 0 heterocycles. The Bertz CT molecular complexity index is 362. The largest absolute Gasteiger partial charge is 0.497 e. The van der Waals surface area contributed by atoms with Gasteiger partial charge >= 0.3 is 0 Å². The fourth-order valence-electron chi connectivity index (χ4n) is 1.68. The molecule has 94 valence electrons. The Morgan fingerprint density at radius 2 is 1.94 bits per heavy atom. The molecule has 1 aromatic carbocycles. The highest BCUT2D eigenvalue weighted by Crippen LogP contribution is 2.12. The summed E-state index contributed by atoms with van der Waals surface area (Å²) in [7, 11) is 1.65. The highest BCUT2D eigenvalue weighted by molar-refractivity contribution is 5.79. The van der Waals surface area contributed by atoms with Crippen LogP contribution in [-0.2, 0) is 11.2 Å². The van der Waals surface area contributed by atoms with E-state index in [4.69, 9.17) is 10.5 Å². The number of primary amides is 1. The number of carbonyl (C=O) groups is 1. The molecule has 0 aliphatic carbocycles. The number of rotatable bonds is 6. The maximum absolute atomic E-state index is 10.9. The quantitative estimate of drug-likeness (QED) is 0.777. The Labute approximate surface area is 102 Å². The number of carbonyl (C=O) groups excluding carboxylic acids is 1. The second kappa shape index (κ2) is 6.25. The Morgan fingerprint density at radius 1 is 1.35 bits per heavy atom. The van der Waals surface area contributed by atoms with E-state index < -0.39 is 0 Å². The monoisotopic (exact) mass is 236 g/mol. The lowest BCUT2D eigenvalue weighted by atomic mass is 10.1. The lowest BCUT2D eigenvalue weighted by Crippen LogP contribution is -2.44. The number of nitrogens with two attached hydrogens (primary N) is 1. The van der Waals surface area contributed by atoms with E-state index >= 15 is 0 Å². The van der Waals surface area contributed by atoms with Crippen LogP contribution in [0.25, 0.3) is 0 Å². The summed E-state index contributed by atoms with van der Waals surface area (Å²) in [5.41, 5.74) is 6.39. The molecule has 4 heteroatoms. The molecule has 1 amide bonds. The fraction of sp³-hybridized carbons (Fsp3) is 0.462. The maximum Gasteiger partial charge on any atom is 0.234 e. The van der Waals surface area contributed by atoms with Crippen molar-refractivity contribution in [3.63, 3.8) is 0 Å². The summed E-state index contributed by atoms with van der Waals surface area (Å²) in [6, 6.07) is 7.80. The van der Waals surface area contributed by atoms with E-state index in [1.807, 2.05) is 31.2 Å². The predicted molar refractivity (Wildman–Crippen MR) is 68.0 cm³/mol. The van der Waals surface area contributed by atoms with Crippen LogP contribution in [0.1, 0.15) is 19.4 Å². The third kappa shape index (κ3) is 4.44. The van der Waals surface area contributed by atoms with E-state index in [0.29, 0.717) is 0 Å². The molecule has 0 saturated heterocycles. The minimum absolute atomic E-state index is 0.200. The van der Waals surface area contributed by atoms with Gasteiger partial charge in [0.2, 0.25) is 5.91 Å². The van der Waals surface area contributed by atoms with Crippen LogP contribution in [0, 0.1) is 0 Å². The van der Waals surface area contributed by atoms with Gasteiger partial charge in [0.1, 0.15) is 5.75 Å². The van der Waals surface area contributed by atoms with E-state index in [1.165, 1.54) is 5.56 Å². The standard InChI is InChI=1S/C13H20N2O2/c1-9(15-10(2)13(14)16)8-11-4-6-12(17-3)7-5-11/h4-7,9-10,15H,8H2,1-3H3,(H2,14,16). The number of amides is 1. The van der Waals surface area contributed by atoms with Crippen molar-refractivity contribution in [1.82, 2.24) is 5.32 Å². The molecule has 2 atom stereocenters. The lowest BCUT2D eigenvalue weighted by Gasteiger charge is -2.17. The van der Waals surface area contributed by atoms with Crippen molar-refractivity contribution in [3.8, 4) is 5.75 Å². The minimum atomic E-state index is -0.327. The number of hydrogen-bond donors (Lipinski definition) is 2. The SMILES string of the molecule is COc1ccc(CC(C)NC(C)C(N)=O)cc1. The van der Waals surface area contributed by atoms with Gasteiger partial charge in [-0.05, 0) is 38.0 Å². The molecule has 0 bridgehead atoms. The molecule has 4 nitrogen and oxygen atoms in total. The zero-order chi connectivity index (χ0) is 12.8. The predicted octanol–water partition coefficient (Wildman–Crippen LogP) is 1.09. The van der Waals surface area contributed by atoms with E-state index in [9.17, 15) is 4.79 Å². The number of ether oxygens (including phenoxy) is 1. The molecule has 17 heavy (non-hydrogen) atoms. The topological polar surface area (TPSA) is 64.3 Å². The fourth-order valence-corrected chi connectivity index (χ4v) is 1.68. The van der Waals surface area contributed by atoms with E-state index in [0.717, 1.165) is 12.2 Å². The zero-order valence-corrected chi connectivity index (χ0v) is 10.6. The van der Waals surface area contributed by atoms with Gasteiger partial charge in [-0.1, -0.05) is 12.1 Å². The van der Waals surface area contributed by atoms with Crippen molar-refractivity contribution in [2.45, 2.75) is 32.4 Å². The summed E-state index contributed by atoms with van der Waals surface area (Å²) in [6.45, 7) is 3.80. The Kier molecular flexibility index (Phi) is 4.97. The first-order valence-electron chi connectivity index (χ1n) is 5.71. The van der Waals surface area contributed by atoms with Crippen molar-refractivity contribution < 1.29 is 9.53 Å². The molecule has 0 radical (unpaired) electrons. The molecule has 1 rings (SSSR count). The van der Waals surface area contributed by atoms with Crippen LogP contribution in [0.3, 0.4) is 0 Å². The first-order chi connectivity index (χ1) is 8.02. The van der Waals surface area contributed by atoms with Crippen LogP contribution in [-0.4, -0.2) is 25.1 Å². The third-order valence-corrected chi connectivity index (χ3v) is 2.66. The van der Waals surface area contributed by atoms with E-state index in [1.54, 1.807) is 14.0 Å². The number of benzene rings is 1. The van der Waals surface area contributed by atoms with E-state index in [2.05, 4.69) is 5.32 Å². The summed E-state index contributed by atoms with van der Waals surface area (Å²) in [6.07, 6.45) is 0.849. The normalized spacial score (nSPS) is 14.1. The van der Waals surface area contributed by atoms with Gasteiger partial charge in [0.15, 0.2) is 0 Å². The average molecular weight is 236 g/mol. The maximum atomic E-state index is 10.9. The summed E-state index contributed by atoms with van der Waals surface area (Å²) < 4.78 is 5.09. The highest BCUT2D eigenvalue weighted by atomic mass is 16.5. The van der Waals surface area contributed by atoms with Gasteiger partial charge in [0, 0.05) is 6.04 Å². The number of hydrogen-bond acceptors (Lipinski definition) is 3. The van der Waals surface area contributed by atoms with Crippen LogP contribution >= 0.6 is 0 Å². The van der Waals surface area contributed by atoms with Gasteiger partial charge in [-0.2, -0.15) is 0 Å². The third-order valence-electron chi connectivity index (χ3n) is 2.66. The van der Waals surface area contributed by atoms with Crippen LogP contribution in [0.4, 0.5) is 0 Å². The average Bonchev–Trinajstić information content (AvgIpc) is 2.29. The number of nitrogens with one attached hydrogen (secondary N) is 1. The highest BCUT2D eigenvalue weighted by Gasteiger charge is 2.12. The molecule has 3 N–H and O–H groups in total. The molecular formula is C13H20N2O2. The molecule has 0 saturated carbocycles. The van der Waals surface area contributed by atoms with Crippen molar-refractivity contribution in [2.24, 2.45) is 5.73 Å². The molecule has 0 aromatic heterocycles. The van der Waals surface area contributed by atoms with Gasteiger partial charge in [-0.3, -0.25) is 4.79 Å². The van der Waals surface area contributed by atoms with Crippen LogP contribution < -0.4 is 15.8 Å². The van der Waals surface area contributed by atoms with Gasteiger partial charge in [0.05, 0.1) is 13.2 Å². The Hall–Kier alpha value is -1.55. The molecule has 0 spiro atoms. The Morgan fingerprint density at radius 3 is 2.41 bits per heavy atom. The van der Waals surface area contributed by atoms with Crippen molar-refractivity contribution in [3.05, 3.63) is 29.8 Å². The van der Waals surface area contributed by atoms with E-state index in [-0.39, 0.29) is 18.0 Å². The molecule has 0 fully saturated rings. The number of methoxy groups -OCH3 is 1.